The number of imide groups is 1. The quantitative estimate of drug-likeness (QED) is 0.461. The molecular weight excluding hydrogens is 470 g/mol. The number of rotatable bonds is 3. The van der Waals surface area contributed by atoms with E-state index in [1.807, 2.05) is 5.32 Å². The Labute approximate surface area is 183 Å². The molecule has 3 rings (SSSR count). The highest BCUT2D eigenvalue weighted by Crippen LogP contribution is 2.35. The third-order valence-electron chi connectivity index (χ3n) is 3.68. The summed E-state index contributed by atoms with van der Waals surface area (Å²) in [5, 5.41) is 5.00. The molecule has 1 aromatic heterocycles. The molecule has 11 heteroatoms. The van der Waals surface area contributed by atoms with Gasteiger partial charge in [-0.1, -0.05) is 52.5 Å². The molecule has 0 radical (unpaired) electrons. The molecule has 0 spiro atoms. The lowest BCUT2D eigenvalue weighted by Gasteiger charge is -2.12. The average Bonchev–Trinajstić information content (AvgIpc) is 2.92. The number of benzene rings is 2. The summed E-state index contributed by atoms with van der Waals surface area (Å²) in [6.07, 6.45) is 3.00. The van der Waals surface area contributed by atoms with Crippen LogP contribution in [0, 0.1) is 11.6 Å². The van der Waals surface area contributed by atoms with Crippen molar-refractivity contribution in [2.24, 2.45) is 0 Å². The number of nitrogens with one attached hydrogen (secondary N) is 2. The molecule has 0 aliphatic heterocycles. The van der Waals surface area contributed by atoms with E-state index in [1.165, 1.54) is 29.1 Å². The Hall–Kier alpha value is -2.32. The van der Waals surface area contributed by atoms with Crippen molar-refractivity contribution in [2.75, 3.05) is 5.32 Å². The summed E-state index contributed by atoms with van der Waals surface area (Å²) >= 11 is 24.3. The van der Waals surface area contributed by atoms with E-state index in [9.17, 15) is 18.4 Å². The molecule has 0 bridgehead atoms. The minimum atomic E-state index is -1.25. The van der Waals surface area contributed by atoms with Gasteiger partial charge in [-0.25, -0.2) is 13.6 Å². The van der Waals surface area contributed by atoms with Gasteiger partial charge in [-0.15, -0.1) is 0 Å². The Morgan fingerprint density at radius 1 is 0.862 bits per heavy atom. The number of aromatic nitrogens is 1. The zero-order valence-corrected chi connectivity index (χ0v) is 17.1. The molecule has 0 aliphatic carbocycles. The van der Waals surface area contributed by atoms with E-state index in [1.54, 1.807) is 0 Å². The SMILES string of the molecule is O=C(NC(=O)c1c(F)cccc1F)Nc1cc(Cl)c(-n2cc(Cl)c(Cl)c2)c(Cl)c1. The van der Waals surface area contributed by atoms with Gasteiger partial charge in [0.2, 0.25) is 0 Å². The number of hydrogen-bond acceptors (Lipinski definition) is 2. The molecule has 0 atom stereocenters. The molecule has 3 aromatic rings. The molecule has 0 fully saturated rings. The van der Waals surface area contributed by atoms with Crippen molar-refractivity contribution in [1.29, 1.82) is 0 Å². The van der Waals surface area contributed by atoms with Gasteiger partial charge in [0.15, 0.2) is 0 Å². The highest BCUT2D eigenvalue weighted by atomic mass is 35.5. The monoisotopic (exact) mass is 477 g/mol. The second-order valence-corrected chi connectivity index (χ2v) is 7.28. The number of carbonyl (C=O) groups is 2. The van der Waals surface area contributed by atoms with Gasteiger partial charge in [0.25, 0.3) is 5.91 Å². The van der Waals surface area contributed by atoms with Gasteiger partial charge >= 0.3 is 6.03 Å². The number of anilines is 1. The molecule has 1 heterocycles. The lowest BCUT2D eigenvalue weighted by molar-refractivity contribution is 0.0959. The zero-order chi connectivity index (χ0) is 21.3. The average molecular weight is 479 g/mol. The largest absolute Gasteiger partial charge is 0.326 e. The van der Waals surface area contributed by atoms with Crippen LogP contribution in [0.1, 0.15) is 10.4 Å². The number of nitrogens with zero attached hydrogens (tertiary/aromatic N) is 1. The Balaban J connectivity index is 1.78. The highest BCUT2D eigenvalue weighted by molar-refractivity contribution is 6.42. The fraction of sp³-hybridized carbons (Fsp3) is 0. The van der Waals surface area contributed by atoms with Crippen LogP contribution in [-0.2, 0) is 0 Å². The molecule has 0 saturated heterocycles. The normalized spacial score (nSPS) is 10.7. The van der Waals surface area contributed by atoms with Crippen molar-refractivity contribution < 1.29 is 18.4 Å². The Morgan fingerprint density at radius 2 is 1.38 bits per heavy atom. The van der Waals surface area contributed by atoms with Crippen LogP contribution in [0.4, 0.5) is 19.3 Å². The van der Waals surface area contributed by atoms with Gasteiger partial charge in [-0.05, 0) is 24.3 Å². The van der Waals surface area contributed by atoms with Crippen LogP contribution in [0.15, 0.2) is 42.7 Å². The number of carbonyl (C=O) groups excluding carboxylic acids is 2. The van der Waals surface area contributed by atoms with E-state index in [0.717, 1.165) is 18.2 Å². The second-order valence-electron chi connectivity index (χ2n) is 5.65. The zero-order valence-electron chi connectivity index (χ0n) is 14.1. The summed E-state index contributed by atoms with van der Waals surface area (Å²) < 4.78 is 28.8. The smallest absolute Gasteiger partial charge is 0.318 e. The number of urea groups is 1. The fourth-order valence-corrected chi connectivity index (χ4v) is 3.45. The Morgan fingerprint density at radius 3 is 1.90 bits per heavy atom. The first-order chi connectivity index (χ1) is 13.7. The van der Waals surface area contributed by atoms with Gasteiger partial charge in [-0.3, -0.25) is 10.1 Å². The van der Waals surface area contributed by atoms with Crippen molar-refractivity contribution in [3.8, 4) is 5.69 Å². The molecule has 29 heavy (non-hydrogen) atoms. The van der Waals surface area contributed by atoms with E-state index in [0.29, 0.717) is 15.7 Å². The van der Waals surface area contributed by atoms with Crippen LogP contribution in [0.2, 0.25) is 20.1 Å². The summed E-state index contributed by atoms with van der Waals surface area (Å²) in [6.45, 7) is 0. The predicted octanol–water partition coefficient (Wildman–Crippen LogP) is 6.33. The summed E-state index contributed by atoms with van der Waals surface area (Å²) in [5.41, 5.74) is -0.388. The maximum atomic E-state index is 13.6. The van der Waals surface area contributed by atoms with Gasteiger partial charge in [-0.2, -0.15) is 0 Å². The second kappa shape index (κ2) is 8.59. The highest BCUT2D eigenvalue weighted by Gasteiger charge is 2.20. The van der Waals surface area contributed by atoms with Crippen molar-refractivity contribution >= 4 is 64.0 Å². The van der Waals surface area contributed by atoms with Crippen LogP contribution >= 0.6 is 46.4 Å². The lowest BCUT2D eigenvalue weighted by Crippen LogP contribution is -2.35. The molecule has 2 aromatic carbocycles. The van der Waals surface area contributed by atoms with Crippen LogP contribution in [0.3, 0.4) is 0 Å². The van der Waals surface area contributed by atoms with Crippen molar-refractivity contribution in [2.45, 2.75) is 0 Å². The first-order valence-corrected chi connectivity index (χ1v) is 9.27. The molecule has 3 amide bonds. The Kier molecular flexibility index (Phi) is 6.33. The molecule has 0 unspecified atom stereocenters. The number of hydrogen-bond donors (Lipinski definition) is 2. The third-order valence-corrected chi connectivity index (χ3v) is 4.96. The van der Waals surface area contributed by atoms with Gasteiger partial charge in [0.1, 0.15) is 17.2 Å². The summed E-state index contributed by atoms with van der Waals surface area (Å²) in [4.78, 5) is 24.0. The first-order valence-electron chi connectivity index (χ1n) is 7.76. The van der Waals surface area contributed by atoms with Gasteiger partial charge in [0.05, 0.1) is 25.8 Å². The first kappa shape index (κ1) is 21.4. The maximum absolute atomic E-state index is 13.6. The standard InChI is InChI=1S/C18H9Cl4F2N3O2/c19-9-4-8(5-10(20)16(9)27-6-11(21)12(22)7-27)25-18(29)26-17(28)15-13(23)2-1-3-14(15)24/h1-7H,(H2,25,26,28,29). The van der Waals surface area contributed by atoms with Crippen LogP contribution in [0.5, 0.6) is 0 Å². The maximum Gasteiger partial charge on any atom is 0.326 e. The van der Waals surface area contributed by atoms with E-state index < -0.39 is 29.1 Å². The van der Waals surface area contributed by atoms with Crippen molar-refractivity contribution in [3.63, 3.8) is 0 Å². The van der Waals surface area contributed by atoms with Crippen molar-refractivity contribution in [3.05, 3.63) is 80.0 Å². The minimum Gasteiger partial charge on any atom is -0.318 e. The number of halogens is 6. The van der Waals surface area contributed by atoms with E-state index in [-0.39, 0.29) is 15.7 Å². The molecular formula is C18H9Cl4F2N3O2. The molecule has 150 valence electrons. The van der Waals surface area contributed by atoms with Crippen LogP contribution in [-0.4, -0.2) is 16.5 Å². The molecule has 2 N–H and O–H groups in total. The van der Waals surface area contributed by atoms with E-state index in [2.05, 4.69) is 5.32 Å². The van der Waals surface area contributed by atoms with Crippen LogP contribution in [0.25, 0.3) is 5.69 Å². The van der Waals surface area contributed by atoms with Crippen LogP contribution < -0.4 is 10.6 Å². The van der Waals surface area contributed by atoms with E-state index in [4.69, 9.17) is 46.4 Å². The summed E-state index contributed by atoms with van der Waals surface area (Å²) in [7, 11) is 0. The topological polar surface area (TPSA) is 63.1 Å². The predicted molar refractivity (Wildman–Crippen MR) is 109 cm³/mol. The Bertz CT molecular complexity index is 1070. The van der Waals surface area contributed by atoms with Gasteiger partial charge < -0.3 is 9.88 Å². The van der Waals surface area contributed by atoms with Gasteiger partial charge in [0, 0.05) is 18.1 Å². The fourth-order valence-electron chi connectivity index (χ4n) is 2.46. The third kappa shape index (κ3) is 4.64. The number of amides is 3. The molecule has 0 saturated carbocycles. The van der Waals surface area contributed by atoms with Crippen molar-refractivity contribution in [1.82, 2.24) is 9.88 Å². The van der Waals surface area contributed by atoms with E-state index >= 15 is 0 Å². The minimum absolute atomic E-state index is 0.132. The molecule has 5 nitrogen and oxygen atoms in total. The lowest BCUT2D eigenvalue weighted by atomic mass is 10.2. The summed E-state index contributed by atoms with van der Waals surface area (Å²) in [5.74, 6) is -3.45. The molecule has 0 aliphatic rings. The summed E-state index contributed by atoms with van der Waals surface area (Å²) in [6, 6.07) is 4.57.